The van der Waals surface area contributed by atoms with Gasteiger partial charge in [0.15, 0.2) is 0 Å². The molecule has 2 heterocycles. The van der Waals surface area contributed by atoms with Crippen molar-refractivity contribution in [2.45, 2.75) is 32.7 Å². The number of rotatable bonds is 7. The lowest BCUT2D eigenvalue weighted by Gasteiger charge is -2.40. The summed E-state index contributed by atoms with van der Waals surface area (Å²) in [5, 5.41) is 0. The molecule has 29 heavy (non-hydrogen) atoms. The first kappa shape index (κ1) is 20.8. The second-order valence-corrected chi connectivity index (χ2v) is 7.92. The van der Waals surface area contributed by atoms with Gasteiger partial charge >= 0.3 is 0 Å². The van der Waals surface area contributed by atoms with Gasteiger partial charge in [-0.3, -0.25) is 14.6 Å². The van der Waals surface area contributed by atoms with Crippen LogP contribution in [0.15, 0.2) is 61.4 Å². The number of hydrogen-bond donors (Lipinski definition) is 0. The molecule has 0 bridgehead atoms. The number of hydrogen-bond acceptors (Lipinski definition) is 3. The largest absolute Gasteiger partial charge is 0.335 e. The molecule has 1 unspecified atom stereocenters. The van der Waals surface area contributed by atoms with Crippen LogP contribution in [-0.4, -0.2) is 52.3 Å². The van der Waals surface area contributed by atoms with Gasteiger partial charge in [-0.15, -0.1) is 6.58 Å². The van der Waals surface area contributed by atoms with Gasteiger partial charge in [-0.25, -0.2) is 0 Å². The fraction of sp³-hybridized carbons (Fsp3) is 0.375. The van der Waals surface area contributed by atoms with Crippen molar-refractivity contribution < 1.29 is 9.59 Å². The smallest absolute Gasteiger partial charge is 0.246 e. The summed E-state index contributed by atoms with van der Waals surface area (Å²) in [6.45, 7) is 9.45. The van der Waals surface area contributed by atoms with Gasteiger partial charge in [-0.05, 0) is 28.7 Å². The molecule has 1 aliphatic rings. The van der Waals surface area contributed by atoms with E-state index >= 15 is 0 Å². The molecule has 0 saturated carbocycles. The van der Waals surface area contributed by atoms with Gasteiger partial charge in [-0.1, -0.05) is 50.3 Å². The summed E-state index contributed by atoms with van der Waals surface area (Å²) < 4.78 is 0. The molecule has 0 spiro atoms. The van der Waals surface area contributed by atoms with Crippen molar-refractivity contribution >= 4 is 11.8 Å². The Morgan fingerprint density at radius 3 is 2.72 bits per heavy atom. The van der Waals surface area contributed by atoms with Gasteiger partial charge in [0.25, 0.3) is 0 Å². The van der Waals surface area contributed by atoms with E-state index in [4.69, 9.17) is 0 Å². The summed E-state index contributed by atoms with van der Waals surface area (Å²) in [5.41, 5.74) is 3.12. The van der Waals surface area contributed by atoms with Crippen molar-refractivity contribution in [2.75, 3.05) is 19.6 Å². The highest BCUT2D eigenvalue weighted by molar-refractivity contribution is 5.89. The Kier molecular flexibility index (Phi) is 6.81. The van der Waals surface area contributed by atoms with E-state index in [-0.39, 0.29) is 17.7 Å². The van der Waals surface area contributed by atoms with Crippen LogP contribution in [0.25, 0.3) is 11.1 Å². The number of pyridine rings is 1. The fourth-order valence-corrected chi connectivity index (χ4v) is 3.77. The number of amides is 2. The minimum atomic E-state index is -0.473. The van der Waals surface area contributed by atoms with Crippen LogP contribution in [0.4, 0.5) is 0 Å². The first-order valence-electron chi connectivity index (χ1n) is 10.2. The van der Waals surface area contributed by atoms with Crippen molar-refractivity contribution in [3.05, 3.63) is 67.0 Å². The van der Waals surface area contributed by atoms with E-state index in [0.717, 1.165) is 16.7 Å². The van der Waals surface area contributed by atoms with E-state index in [9.17, 15) is 9.59 Å². The van der Waals surface area contributed by atoms with E-state index in [1.54, 1.807) is 22.1 Å². The Morgan fingerprint density at radius 1 is 1.24 bits per heavy atom. The Labute approximate surface area is 173 Å². The lowest BCUT2D eigenvalue weighted by molar-refractivity contribution is -0.151. The Morgan fingerprint density at radius 2 is 2.03 bits per heavy atom. The molecule has 2 amide bonds. The van der Waals surface area contributed by atoms with Crippen LogP contribution in [0.2, 0.25) is 0 Å². The standard InChI is InChI=1S/C24H29N3O2/c1-4-11-26-12-13-27(23(28)14-18(2)3)22(24(26)29)16-19-7-5-8-20(15-19)21-9-6-10-25-17-21/h4-10,15,17-18,22H,1,11-14,16H2,2-3H3. The normalized spacial score (nSPS) is 16.9. The highest BCUT2D eigenvalue weighted by Gasteiger charge is 2.36. The molecule has 2 aromatic rings. The number of carbonyl (C=O) groups excluding carboxylic acids is 2. The molecule has 152 valence electrons. The van der Waals surface area contributed by atoms with Gasteiger partial charge in [0.05, 0.1) is 0 Å². The maximum atomic E-state index is 13.1. The second-order valence-electron chi connectivity index (χ2n) is 7.92. The fourth-order valence-electron chi connectivity index (χ4n) is 3.77. The number of carbonyl (C=O) groups is 2. The summed E-state index contributed by atoms with van der Waals surface area (Å²) >= 11 is 0. The van der Waals surface area contributed by atoms with E-state index < -0.39 is 6.04 Å². The minimum Gasteiger partial charge on any atom is -0.335 e. The van der Waals surface area contributed by atoms with E-state index in [1.807, 2.05) is 50.4 Å². The lowest BCUT2D eigenvalue weighted by atomic mass is 9.97. The van der Waals surface area contributed by atoms with Crippen LogP contribution in [0.3, 0.4) is 0 Å². The number of nitrogens with zero attached hydrogens (tertiary/aromatic N) is 3. The second kappa shape index (κ2) is 9.50. The van der Waals surface area contributed by atoms with Gasteiger partial charge in [0, 0.05) is 44.9 Å². The van der Waals surface area contributed by atoms with Crippen molar-refractivity contribution in [1.29, 1.82) is 0 Å². The number of aromatic nitrogens is 1. The summed E-state index contributed by atoms with van der Waals surface area (Å²) in [6.07, 6.45) is 6.28. The van der Waals surface area contributed by atoms with Crippen molar-refractivity contribution in [2.24, 2.45) is 5.92 Å². The first-order valence-corrected chi connectivity index (χ1v) is 10.2. The average Bonchev–Trinajstić information content (AvgIpc) is 2.71. The molecule has 5 heteroatoms. The maximum absolute atomic E-state index is 13.1. The van der Waals surface area contributed by atoms with Crippen molar-refractivity contribution in [1.82, 2.24) is 14.8 Å². The highest BCUT2D eigenvalue weighted by Crippen LogP contribution is 2.23. The van der Waals surface area contributed by atoms with Crippen LogP contribution in [0, 0.1) is 5.92 Å². The zero-order valence-corrected chi connectivity index (χ0v) is 17.3. The molecule has 1 aromatic carbocycles. The summed E-state index contributed by atoms with van der Waals surface area (Å²) in [6, 6.07) is 11.6. The highest BCUT2D eigenvalue weighted by atomic mass is 16.2. The van der Waals surface area contributed by atoms with Crippen LogP contribution in [0.5, 0.6) is 0 Å². The van der Waals surface area contributed by atoms with E-state index in [0.29, 0.717) is 32.5 Å². The van der Waals surface area contributed by atoms with Crippen molar-refractivity contribution in [3.63, 3.8) is 0 Å². The molecule has 0 aliphatic carbocycles. The SMILES string of the molecule is C=CCN1CCN(C(=O)CC(C)C)C(Cc2cccc(-c3cccnc3)c2)C1=O. The summed E-state index contributed by atoms with van der Waals surface area (Å²) in [7, 11) is 0. The van der Waals surface area contributed by atoms with E-state index in [2.05, 4.69) is 17.6 Å². The van der Waals surface area contributed by atoms with Gasteiger partial charge in [-0.2, -0.15) is 0 Å². The topological polar surface area (TPSA) is 53.5 Å². The van der Waals surface area contributed by atoms with Crippen molar-refractivity contribution in [3.8, 4) is 11.1 Å². The maximum Gasteiger partial charge on any atom is 0.246 e. The molecule has 5 nitrogen and oxygen atoms in total. The zero-order chi connectivity index (χ0) is 20.8. The Bertz CT molecular complexity index is 863. The molecule has 1 fully saturated rings. The molecule has 0 radical (unpaired) electrons. The molecule has 1 aliphatic heterocycles. The predicted molar refractivity (Wildman–Crippen MR) is 115 cm³/mol. The molecule has 1 aromatic heterocycles. The third-order valence-electron chi connectivity index (χ3n) is 5.19. The Hall–Kier alpha value is -2.95. The number of benzene rings is 1. The van der Waals surface area contributed by atoms with Crippen LogP contribution >= 0.6 is 0 Å². The number of piperazine rings is 1. The monoisotopic (exact) mass is 391 g/mol. The summed E-state index contributed by atoms with van der Waals surface area (Å²) in [4.78, 5) is 33.7. The van der Waals surface area contributed by atoms with E-state index in [1.165, 1.54) is 0 Å². The molecular formula is C24H29N3O2. The van der Waals surface area contributed by atoms with Gasteiger partial charge < -0.3 is 9.80 Å². The first-order chi connectivity index (χ1) is 14.0. The quantitative estimate of drug-likeness (QED) is 0.678. The molecule has 1 saturated heterocycles. The summed E-state index contributed by atoms with van der Waals surface area (Å²) in [5.74, 6) is 0.318. The van der Waals surface area contributed by atoms with Crippen LogP contribution in [-0.2, 0) is 16.0 Å². The predicted octanol–water partition coefficient (Wildman–Crippen LogP) is 3.56. The van der Waals surface area contributed by atoms with Crippen LogP contribution in [0.1, 0.15) is 25.8 Å². The molecule has 0 N–H and O–H groups in total. The molecule has 3 rings (SSSR count). The van der Waals surface area contributed by atoms with Gasteiger partial charge in [0.1, 0.15) is 6.04 Å². The molecule has 1 atom stereocenters. The third kappa shape index (κ3) is 5.11. The minimum absolute atomic E-state index is 0.0000342. The lowest BCUT2D eigenvalue weighted by Crippen LogP contribution is -2.59. The third-order valence-corrected chi connectivity index (χ3v) is 5.19. The molecular weight excluding hydrogens is 362 g/mol. The van der Waals surface area contributed by atoms with Crippen LogP contribution < -0.4 is 0 Å². The van der Waals surface area contributed by atoms with Gasteiger partial charge in [0.2, 0.25) is 11.8 Å². The Balaban J connectivity index is 1.86. The zero-order valence-electron chi connectivity index (χ0n) is 17.3. The average molecular weight is 392 g/mol.